The number of nitrogens with one attached hydrogen (secondary N) is 4. The number of carbonyl (C=O) groups excluding carboxylic acids is 3. The van der Waals surface area contributed by atoms with E-state index < -0.39 is 60.1 Å². The Hall–Kier alpha value is -2.68. The lowest BCUT2D eigenvalue weighted by Gasteiger charge is -2.27. The number of aromatic nitrogens is 2. The Morgan fingerprint density at radius 3 is 2.00 bits per heavy atom. The fourth-order valence-corrected chi connectivity index (χ4v) is 2.73. The van der Waals surface area contributed by atoms with E-state index >= 15 is 0 Å². The van der Waals surface area contributed by atoms with Gasteiger partial charge in [0.05, 0.1) is 24.6 Å². The van der Waals surface area contributed by atoms with Crippen molar-refractivity contribution >= 4 is 36.3 Å². The summed E-state index contributed by atoms with van der Waals surface area (Å²) in [6, 6.07) is -5.45. The normalized spacial score (nSPS) is 16.8. The number of amides is 3. The molecule has 0 aliphatic heterocycles. The van der Waals surface area contributed by atoms with Gasteiger partial charge in [-0.25, -0.2) is 9.78 Å². The number of carboxylic acid groups (broad SMARTS) is 1. The van der Waals surface area contributed by atoms with Crippen LogP contribution in [0.4, 0.5) is 0 Å². The first-order valence-electron chi connectivity index (χ1n) is 9.31. The molecule has 0 saturated heterocycles. The van der Waals surface area contributed by atoms with Gasteiger partial charge in [-0.15, -0.1) is 0 Å². The molecule has 13 nitrogen and oxygen atoms in total. The number of aliphatic carboxylic acids is 1. The highest BCUT2D eigenvalue weighted by molar-refractivity contribution is 7.80. The van der Waals surface area contributed by atoms with Crippen LogP contribution >= 0.6 is 12.6 Å². The van der Waals surface area contributed by atoms with Crippen molar-refractivity contribution in [2.45, 2.75) is 56.6 Å². The van der Waals surface area contributed by atoms with Gasteiger partial charge in [-0.1, -0.05) is 0 Å². The molecule has 0 aliphatic rings. The second-order valence-electron chi connectivity index (χ2n) is 6.92. The molecule has 1 aromatic heterocycles. The van der Waals surface area contributed by atoms with Gasteiger partial charge >= 0.3 is 5.97 Å². The van der Waals surface area contributed by atoms with E-state index in [1.807, 2.05) is 0 Å². The number of aliphatic hydroxyl groups is 2. The lowest BCUT2D eigenvalue weighted by atomic mass is 10.1. The third-order valence-corrected chi connectivity index (χ3v) is 4.62. The Bertz CT molecular complexity index is 758. The molecular formula is C17H28N6O7S. The van der Waals surface area contributed by atoms with E-state index in [4.69, 9.17) is 10.8 Å². The first-order chi connectivity index (χ1) is 14.5. The van der Waals surface area contributed by atoms with Crippen molar-refractivity contribution in [1.29, 1.82) is 0 Å². The lowest BCUT2D eigenvalue weighted by molar-refractivity contribution is -0.142. The van der Waals surface area contributed by atoms with Gasteiger partial charge in [-0.2, -0.15) is 12.6 Å². The molecule has 31 heavy (non-hydrogen) atoms. The van der Waals surface area contributed by atoms with E-state index in [1.165, 1.54) is 26.4 Å². The summed E-state index contributed by atoms with van der Waals surface area (Å²) in [5, 5.41) is 35.5. The highest BCUT2D eigenvalue weighted by atomic mass is 32.1. The number of thiol groups is 1. The molecule has 174 valence electrons. The third-order valence-electron chi connectivity index (χ3n) is 4.25. The average molecular weight is 461 g/mol. The van der Waals surface area contributed by atoms with E-state index in [9.17, 15) is 29.4 Å². The number of rotatable bonds is 12. The minimum Gasteiger partial charge on any atom is -0.480 e. The second kappa shape index (κ2) is 12.2. The van der Waals surface area contributed by atoms with Crippen molar-refractivity contribution in [3.05, 3.63) is 18.2 Å². The van der Waals surface area contributed by atoms with E-state index in [2.05, 4.69) is 38.5 Å². The smallest absolute Gasteiger partial charge is 0.327 e. The number of hydrogen-bond acceptors (Lipinski definition) is 9. The monoisotopic (exact) mass is 460 g/mol. The standard InChI is InChI=1S/C17H28N6O7S/c1-7(24)12(15(27)21-11(5-31)17(29)30)23-16(28)13(8(2)25)22-14(26)10(18)3-9-4-19-6-20-9/h4,6-8,10-13,24-25,31H,3,5,18H2,1-2H3,(H,19,20)(H,21,27)(H,22,26)(H,23,28)(H,29,30). The molecule has 1 heterocycles. The number of aliphatic hydroxyl groups excluding tert-OH is 2. The van der Waals surface area contributed by atoms with Crippen LogP contribution in [0.15, 0.2) is 12.5 Å². The first-order valence-corrected chi connectivity index (χ1v) is 9.94. The van der Waals surface area contributed by atoms with Crippen LogP contribution < -0.4 is 21.7 Å². The van der Waals surface area contributed by atoms with Crippen LogP contribution in [0.1, 0.15) is 19.5 Å². The zero-order chi connectivity index (χ0) is 23.7. The Morgan fingerprint density at radius 2 is 1.58 bits per heavy atom. The number of hydrogen-bond donors (Lipinski definition) is 9. The fourth-order valence-electron chi connectivity index (χ4n) is 2.49. The zero-order valence-electron chi connectivity index (χ0n) is 17.0. The number of nitrogens with two attached hydrogens (primary N) is 1. The third kappa shape index (κ3) is 8.16. The molecule has 1 aromatic rings. The van der Waals surface area contributed by atoms with Crippen molar-refractivity contribution in [2.75, 3.05) is 5.75 Å². The molecule has 0 saturated carbocycles. The molecule has 1 rings (SSSR count). The Morgan fingerprint density at radius 1 is 1.06 bits per heavy atom. The van der Waals surface area contributed by atoms with Crippen LogP contribution in [0.2, 0.25) is 0 Å². The number of carboxylic acids is 1. The fraction of sp³-hybridized carbons (Fsp3) is 0.588. The number of aromatic amines is 1. The maximum Gasteiger partial charge on any atom is 0.327 e. The summed E-state index contributed by atoms with van der Waals surface area (Å²) >= 11 is 3.82. The largest absolute Gasteiger partial charge is 0.480 e. The topological polar surface area (TPSA) is 220 Å². The van der Waals surface area contributed by atoms with Crippen molar-refractivity contribution in [3.63, 3.8) is 0 Å². The second-order valence-corrected chi connectivity index (χ2v) is 7.29. The predicted molar refractivity (Wildman–Crippen MR) is 111 cm³/mol. The van der Waals surface area contributed by atoms with Crippen LogP contribution in [0.3, 0.4) is 0 Å². The highest BCUT2D eigenvalue weighted by Gasteiger charge is 2.34. The summed E-state index contributed by atoms with van der Waals surface area (Å²) in [5.74, 6) is -4.26. The summed E-state index contributed by atoms with van der Waals surface area (Å²) in [4.78, 5) is 54.9. The molecule has 9 N–H and O–H groups in total. The SMILES string of the molecule is CC(O)C(NC(=O)C(N)Cc1cnc[nH]1)C(=O)NC(C(=O)NC(CS)C(=O)O)C(C)O. The van der Waals surface area contributed by atoms with Gasteiger partial charge in [-0.05, 0) is 13.8 Å². The molecule has 3 amide bonds. The van der Waals surface area contributed by atoms with Gasteiger partial charge < -0.3 is 42.0 Å². The summed E-state index contributed by atoms with van der Waals surface area (Å²) in [5.41, 5.74) is 6.40. The van der Waals surface area contributed by atoms with Crippen molar-refractivity contribution in [3.8, 4) is 0 Å². The molecule has 0 bridgehead atoms. The van der Waals surface area contributed by atoms with Crippen molar-refractivity contribution in [1.82, 2.24) is 25.9 Å². The average Bonchev–Trinajstić information content (AvgIpc) is 3.19. The number of H-pyrrole nitrogens is 1. The minimum absolute atomic E-state index is 0.0962. The molecule has 0 fully saturated rings. The van der Waals surface area contributed by atoms with E-state index in [-0.39, 0.29) is 12.2 Å². The maximum absolute atomic E-state index is 12.6. The van der Waals surface area contributed by atoms with Gasteiger partial charge in [0.25, 0.3) is 0 Å². The molecule has 14 heteroatoms. The molecular weight excluding hydrogens is 432 g/mol. The molecule has 6 atom stereocenters. The van der Waals surface area contributed by atoms with Gasteiger partial charge in [0, 0.05) is 24.1 Å². The lowest BCUT2D eigenvalue weighted by Crippen LogP contribution is -2.62. The number of carbonyl (C=O) groups is 4. The Kier molecular flexibility index (Phi) is 10.4. The highest BCUT2D eigenvalue weighted by Crippen LogP contribution is 2.02. The summed E-state index contributed by atoms with van der Waals surface area (Å²) in [7, 11) is 0. The van der Waals surface area contributed by atoms with Gasteiger partial charge in [0.2, 0.25) is 17.7 Å². The van der Waals surface area contributed by atoms with Crippen LogP contribution in [0.5, 0.6) is 0 Å². The van der Waals surface area contributed by atoms with Gasteiger partial charge in [-0.3, -0.25) is 14.4 Å². The van der Waals surface area contributed by atoms with E-state index in [0.29, 0.717) is 5.69 Å². The van der Waals surface area contributed by atoms with Crippen molar-refractivity contribution < 1.29 is 34.5 Å². The van der Waals surface area contributed by atoms with Crippen LogP contribution in [-0.2, 0) is 25.6 Å². The molecule has 0 aliphatic carbocycles. The molecule has 0 spiro atoms. The van der Waals surface area contributed by atoms with Crippen LogP contribution in [0, 0.1) is 0 Å². The van der Waals surface area contributed by atoms with E-state index in [0.717, 1.165) is 0 Å². The van der Waals surface area contributed by atoms with Crippen molar-refractivity contribution in [2.24, 2.45) is 5.73 Å². The first kappa shape index (κ1) is 26.4. The van der Waals surface area contributed by atoms with Gasteiger partial charge in [0.15, 0.2) is 0 Å². The predicted octanol–water partition coefficient (Wildman–Crippen LogP) is -3.49. The Balaban J connectivity index is 2.83. The summed E-state index contributed by atoms with van der Waals surface area (Å²) in [6.45, 7) is 2.45. The van der Waals surface area contributed by atoms with E-state index in [1.54, 1.807) is 0 Å². The van der Waals surface area contributed by atoms with Crippen LogP contribution in [-0.4, -0.2) is 91.1 Å². The summed E-state index contributed by atoms with van der Waals surface area (Å²) < 4.78 is 0. The molecule has 0 aromatic carbocycles. The Labute approximate surface area is 183 Å². The molecule has 6 unspecified atom stereocenters. The quantitative estimate of drug-likeness (QED) is 0.141. The molecule has 0 radical (unpaired) electrons. The summed E-state index contributed by atoms with van der Waals surface area (Å²) in [6.07, 6.45) is 0.207. The zero-order valence-corrected chi connectivity index (χ0v) is 17.9. The number of nitrogens with zero attached hydrogens (tertiary/aromatic N) is 1. The van der Waals surface area contributed by atoms with Gasteiger partial charge in [0.1, 0.15) is 18.1 Å². The van der Waals surface area contributed by atoms with Crippen LogP contribution in [0.25, 0.3) is 0 Å². The number of imidazole rings is 1. The maximum atomic E-state index is 12.6. The minimum atomic E-state index is -1.55.